The number of anilines is 1. The number of methoxy groups -OCH3 is 1. The van der Waals surface area contributed by atoms with Gasteiger partial charge in [-0.15, -0.1) is 0 Å². The Morgan fingerprint density at radius 2 is 2.18 bits per heavy atom. The van der Waals surface area contributed by atoms with Crippen LogP contribution in [0.15, 0.2) is 22.7 Å². The lowest BCUT2D eigenvalue weighted by Gasteiger charge is -2.05. The molecule has 88 valence electrons. The molecule has 3 rings (SSSR count). The van der Waals surface area contributed by atoms with Gasteiger partial charge in [-0.2, -0.15) is 0 Å². The molecule has 6 heteroatoms. The minimum Gasteiger partial charge on any atom is -0.497 e. The number of nitrogens with two attached hydrogens (primary N) is 1. The molecule has 1 aromatic carbocycles. The van der Waals surface area contributed by atoms with Gasteiger partial charge in [-0.25, -0.2) is 0 Å². The van der Waals surface area contributed by atoms with E-state index in [1.165, 1.54) is 0 Å². The highest BCUT2D eigenvalue weighted by Gasteiger charge is 2.23. The first-order valence-electron chi connectivity index (χ1n) is 4.98. The van der Waals surface area contributed by atoms with Crippen molar-refractivity contribution in [2.75, 3.05) is 19.6 Å². The molecule has 2 aromatic rings. The van der Waals surface area contributed by atoms with Crippen LogP contribution in [0.3, 0.4) is 0 Å². The van der Waals surface area contributed by atoms with Gasteiger partial charge in [-0.1, -0.05) is 5.16 Å². The van der Waals surface area contributed by atoms with Crippen molar-refractivity contribution in [1.29, 1.82) is 0 Å². The van der Waals surface area contributed by atoms with Gasteiger partial charge in [0.15, 0.2) is 23.1 Å². The molecule has 0 saturated carbocycles. The first kappa shape index (κ1) is 9.83. The summed E-state index contributed by atoms with van der Waals surface area (Å²) in [5.41, 5.74) is 6.23. The van der Waals surface area contributed by atoms with Gasteiger partial charge in [0.1, 0.15) is 5.75 Å². The summed E-state index contributed by atoms with van der Waals surface area (Å²) in [6, 6.07) is 5.16. The monoisotopic (exact) mass is 234 g/mol. The number of aromatic nitrogens is 1. The van der Waals surface area contributed by atoms with Gasteiger partial charge in [0.25, 0.3) is 0 Å². The summed E-state index contributed by atoms with van der Waals surface area (Å²) in [6.07, 6.45) is 0. The summed E-state index contributed by atoms with van der Waals surface area (Å²) in [6.45, 7) is 0.180. The Kier molecular flexibility index (Phi) is 2.07. The third-order valence-electron chi connectivity index (χ3n) is 2.48. The van der Waals surface area contributed by atoms with Gasteiger partial charge >= 0.3 is 0 Å². The number of hydrogen-bond acceptors (Lipinski definition) is 6. The van der Waals surface area contributed by atoms with E-state index in [1.54, 1.807) is 25.3 Å². The smallest absolute Gasteiger partial charge is 0.231 e. The summed E-state index contributed by atoms with van der Waals surface area (Å²) in [5, 5.41) is 3.64. The van der Waals surface area contributed by atoms with E-state index in [2.05, 4.69) is 5.16 Å². The van der Waals surface area contributed by atoms with Crippen LogP contribution in [-0.2, 0) is 0 Å². The van der Waals surface area contributed by atoms with Crippen molar-refractivity contribution in [3.63, 3.8) is 0 Å². The SMILES string of the molecule is COc1cc2c(c(-c3cc(N)no3)c1)OCO2. The Morgan fingerprint density at radius 3 is 2.88 bits per heavy atom. The predicted octanol–water partition coefficient (Wildman–Crippen LogP) is 1.66. The van der Waals surface area contributed by atoms with Crippen LogP contribution in [0.2, 0.25) is 0 Å². The van der Waals surface area contributed by atoms with Crippen molar-refractivity contribution in [1.82, 2.24) is 5.16 Å². The molecule has 1 aliphatic rings. The minimum absolute atomic E-state index is 0.180. The van der Waals surface area contributed by atoms with Gasteiger partial charge in [-0.3, -0.25) is 0 Å². The number of nitrogens with zero attached hydrogens (tertiary/aromatic N) is 1. The van der Waals surface area contributed by atoms with Crippen molar-refractivity contribution in [2.45, 2.75) is 0 Å². The molecular formula is C11H10N2O4. The lowest BCUT2D eigenvalue weighted by atomic mass is 10.1. The Bertz CT molecular complexity index is 565. The molecule has 0 bridgehead atoms. The topological polar surface area (TPSA) is 79.7 Å². The van der Waals surface area contributed by atoms with Crippen LogP contribution in [0.1, 0.15) is 0 Å². The molecule has 0 aliphatic carbocycles. The normalized spacial score (nSPS) is 12.8. The highest BCUT2D eigenvalue weighted by atomic mass is 16.7. The standard InChI is InChI=1S/C11H10N2O4/c1-14-6-2-7(8-4-10(12)13-17-8)11-9(3-6)15-5-16-11/h2-4H,5H2,1H3,(H2,12,13). The molecule has 0 atom stereocenters. The van der Waals surface area contributed by atoms with Crippen LogP contribution in [0, 0.1) is 0 Å². The molecule has 0 radical (unpaired) electrons. The lowest BCUT2D eigenvalue weighted by Crippen LogP contribution is -1.93. The van der Waals surface area contributed by atoms with Gasteiger partial charge in [-0.05, 0) is 6.07 Å². The fourth-order valence-electron chi connectivity index (χ4n) is 1.70. The number of ether oxygens (including phenoxy) is 3. The van der Waals surface area contributed by atoms with Crippen molar-refractivity contribution in [3.8, 4) is 28.6 Å². The van der Waals surface area contributed by atoms with Crippen molar-refractivity contribution >= 4 is 5.82 Å². The maximum Gasteiger partial charge on any atom is 0.231 e. The average molecular weight is 234 g/mol. The zero-order chi connectivity index (χ0) is 11.8. The molecule has 2 N–H and O–H groups in total. The molecule has 0 spiro atoms. The van der Waals surface area contributed by atoms with Gasteiger partial charge in [0.05, 0.1) is 12.7 Å². The van der Waals surface area contributed by atoms with E-state index < -0.39 is 0 Å². The van der Waals surface area contributed by atoms with Gasteiger partial charge in [0, 0.05) is 12.1 Å². The Labute approximate surface area is 96.9 Å². The number of fused-ring (bicyclic) bond motifs is 1. The first-order valence-corrected chi connectivity index (χ1v) is 4.98. The second kappa shape index (κ2) is 3.58. The Balaban J connectivity index is 2.18. The molecule has 2 heterocycles. The fourth-order valence-corrected chi connectivity index (χ4v) is 1.70. The van der Waals surface area contributed by atoms with Crippen LogP contribution in [0.5, 0.6) is 17.2 Å². The Hall–Kier alpha value is -2.37. The summed E-state index contributed by atoms with van der Waals surface area (Å²) < 4.78 is 21.0. The van der Waals surface area contributed by atoms with Gasteiger partial charge in [0.2, 0.25) is 6.79 Å². The minimum atomic E-state index is 0.180. The molecule has 0 saturated heterocycles. The number of nitrogen functional groups attached to an aromatic ring is 1. The van der Waals surface area contributed by atoms with Crippen LogP contribution in [0.4, 0.5) is 5.82 Å². The summed E-state index contributed by atoms with van der Waals surface area (Å²) in [7, 11) is 1.58. The third kappa shape index (κ3) is 1.54. The maximum atomic E-state index is 5.52. The summed E-state index contributed by atoms with van der Waals surface area (Å²) in [4.78, 5) is 0. The molecule has 17 heavy (non-hydrogen) atoms. The quantitative estimate of drug-likeness (QED) is 0.851. The molecule has 0 fully saturated rings. The van der Waals surface area contributed by atoms with Crippen LogP contribution in [0.25, 0.3) is 11.3 Å². The second-order valence-corrected chi connectivity index (χ2v) is 3.52. The lowest BCUT2D eigenvalue weighted by molar-refractivity contribution is 0.174. The molecular weight excluding hydrogens is 224 g/mol. The predicted molar refractivity (Wildman–Crippen MR) is 59.0 cm³/mol. The molecule has 0 amide bonds. The summed E-state index contributed by atoms with van der Waals surface area (Å²) >= 11 is 0. The zero-order valence-electron chi connectivity index (χ0n) is 9.10. The van der Waals surface area contributed by atoms with E-state index in [1.807, 2.05) is 0 Å². The first-order chi connectivity index (χ1) is 8.28. The summed E-state index contributed by atoms with van der Waals surface area (Å²) in [5.74, 6) is 2.72. The highest BCUT2D eigenvalue weighted by molar-refractivity contribution is 5.74. The van der Waals surface area contributed by atoms with Crippen LogP contribution < -0.4 is 19.9 Å². The van der Waals surface area contributed by atoms with Crippen molar-refractivity contribution < 1.29 is 18.7 Å². The molecule has 1 aromatic heterocycles. The van der Waals surface area contributed by atoms with E-state index in [-0.39, 0.29) is 6.79 Å². The number of rotatable bonds is 2. The number of benzene rings is 1. The van der Waals surface area contributed by atoms with E-state index >= 15 is 0 Å². The van der Waals surface area contributed by atoms with Crippen molar-refractivity contribution in [3.05, 3.63) is 18.2 Å². The van der Waals surface area contributed by atoms with E-state index in [9.17, 15) is 0 Å². The molecule has 0 unspecified atom stereocenters. The zero-order valence-corrected chi connectivity index (χ0v) is 9.10. The van der Waals surface area contributed by atoms with Crippen molar-refractivity contribution in [2.24, 2.45) is 0 Å². The van der Waals surface area contributed by atoms with Crippen LogP contribution >= 0.6 is 0 Å². The second-order valence-electron chi connectivity index (χ2n) is 3.52. The highest BCUT2D eigenvalue weighted by Crippen LogP contribution is 2.44. The Morgan fingerprint density at radius 1 is 1.29 bits per heavy atom. The average Bonchev–Trinajstić information content (AvgIpc) is 2.95. The maximum absolute atomic E-state index is 5.52. The fraction of sp³-hybridized carbons (Fsp3) is 0.182. The van der Waals surface area contributed by atoms with E-state index in [0.717, 1.165) is 0 Å². The number of hydrogen-bond donors (Lipinski definition) is 1. The molecule has 1 aliphatic heterocycles. The van der Waals surface area contributed by atoms with E-state index in [4.69, 9.17) is 24.5 Å². The van der Waals surface area contributed by atoms with Gasteiger partial charge < -0.3 is 24.5 Å². The van der Waals surface area contributed by atoms with Crippen LogP contribution in [-0.4, -0.2) is 19.1 Å². The van der Waals surface area contributed by atoms with E-state index in [0.29, 0.717) is 34.4 Å². The third-order valence-corrected chi connectivity index (χ3v) is 2.48. The largest absolute Gasteiger partial charge is 0.497 e. The molecule has 6 nitrogen and oxygen atoms in total.